The van der Waals surface area contributed by atoms with Gasteiger partial charge in [-0.1, -0.05) is 276 Å². The second kappa shape index (κ2) is 55.2. The van der Waals surface area contributed by atoms with Crippen molar-refractivity contribution in [2.45, 2.75) is 407 Å². The molecular formula is C73H137NO18. The maximum atomic E-state index is 13.3. The molecule has 92 heavy (non-hydrogen) atoms. The lowest BCUT2D eigenvalue weighted by molar-refractivity contribution is -0.379. The zero-order valence-corrected chi connectivity index (χ0v) is 57.5. The van der Waals surface area contributed by atoms with Crippen LogP contribution in [-0.2, 0) is 33.2 Å². The monoisotopic (exact) mass is 1320 g/mol. The van der Waals surface area contributed by atoms with Crippen LogP contribution in [0.15, 0.2) is 24.3 Å². The van der Waals surface area contributed by atoms with E-state index < -0.39 is 124 Å². The number of nitrogens with one attached hydrogen (secondary N) is 1. The van der Waals surface area contributed by atoms with E-state index in [1.54, 1.807) is 6.08 Å². The van der Waals surface area contributed by atoms with Gasteiger partial charge in [-0.2, -0.15) is 0 Å². The molecule has 3 fully saturated rings. The van der Waals surface area contributed by atoms with Gasteiger partial charge in [0.2, 0.25) is 5.91 Å². The van der Waals surface area contributed by atoms with Gasteiger partial charge in [0.1, 0.15) is 73.2 Å². The van der Waals surface area contributed by atoms with Gasteiger partial charge >= 0.3 is 0 Å². The summed E-state index contributed by atoms with van der Waals surface area (Å²) in [7, 11) is 0. The molecule has 17 unspecified atom stereocenters. The Labute approximate surface area is 556 Å². The van der Waals surface area contributed by atoms with Crippen LogP contribution >= 0.6 is 0 Å². The van der Waals surface area contributed by atoms with Crippen LogP contribution in [0.3, 0.4) is 0 Å². The molecule has 17 atom stereocenters. The van der Waals surface area contributed by atoms with Crippen molar-refractivity contribution in [2.24, 2.45) is 0 Å². The molecule has 3 aliphatic heterocycles. The fraction of sp³-hybridized carbons (Fsp3) is 0.932. The van der Waals surface area contributed by atoms with Gasteiger partial charge in [-0.25, -0.2) is 0 Å². The number of aliphatic hydroxyl groups excluding tert-OH is 11. The van der Waals surface area contributed by atoms with Crippen LogP contribution in [0.5, 0.6) is 0 Å². The molecular weight excluding hydrogens is 1180 g/mol. The molecule has 0 aromatic rings. The van der Waals surface area contributed by atoms with Gasteiger partial charge in [-0.15, -0.1) is 0 Å². The first-order valence-corrected chi connectivity index (χ1v) is 37.6. The van der Waals surface area contributed by atoms with Gasteiger partial charge in [0, 0.05) is 6.42 Å². The third kappa shape index (κ3) is 36.2. The average molecular weight is 1320 g/mol. The van der Waals surface area contributed by atoms with E-state index >= 15 is 0 Å². The zero-order valence-electron chi connectivity index (χ0n) is 57.5. The molecule has 542 valence electrons. The molecule has 0 aromatic heterocycles. The quantitative estimate of drug-likeness (QED) is 0.0199. The third-order valence-corrected chi connectivity index (χ3v) is 19.0. The summed E-state index contributed by atoms with van der Waals surface area (Å²) in [4.78, 5) is 13.3. The normalized spacial score (nSPS) is 27.8. The molecule has 12 N–H and O–H groups in total. The topological polar surface area (TPSA) is 307 Å². The summed E-state index contributed by atoms with van der Waals surface area (Å²) in [5.74, 6) is -0.274. The van der Waals surface area contributed by atoms with Crippen molar-refractivity contribution in [3.8, 4) is 0 Å². The van der Waals surface area contributed by atoms with Gasteiger partial charge in [-0.3, -0.25) is 4.79 Å². The highest BCUT2D eigenvalue weighted by Crippen LogP contribution is 2.33. The van der Waals surface area contributed by atoms with Crippen LogP contribution in [0, 0.1) is 0 Å². The van der Waals surface area contributed by atoms with Crippen molar-refractivity contribution in [1.29, 1.82) is 0 Å². The summed E-state index contributed by atoms with van der Waals surface area (Å²) in [5.41, 5.74) is 0. The molecule has 0 saturated carbocycles. The number of aliphatic hydroxyl groups is 11. The van der Waals surface area contributed by atoms with Gasteiger partial charge in [-0.05, 0) is 44.9 Å². The molecule has 0 bridgehead atoms. The standard InChI is InChI=1S/C73H137NO18/c1-3-5-7-9-11-13-14-15-16-17-18-19-20-21-22-23-24-25-26-27-28-29-30-31-32-33-34-35-36-37-38-39-40-41-42-43-45-47-49-51-61(79)74-56(57(78)50-48-46-44-12-10-8-6-4-2)55-87-71-67(85)64(82)69(59(53-76)89-71)92-73-68(86)65(83)70(60(54-77)90-73)91-72-66(84)63(81)62(80)58(52-75)88-72/h17-18,48,50,56-60,62-73,75-78,80-86H,3-16,19-47,49,51-55H2,1-2H3,(H,74,79)/b18-17-,50-48+. The van der Waals surface area contributed by atoms with Crippen molar-refractivity contribution in [3.05, 3.63) is 24.3 Å². The molecule has 19 heteroatoms. The molecule has 0 spiro atoms. The maximum Gasteiger partial charge on any atom is 0.220 e. The van der Waals surface area contributed by atoms with Crippen molar-refractivity contribution >= 4 is 5.91 Å². The van der Waals surface area contributed by atoms with E-state index in [0.717, 1.165) is 51.4 Å². The van der Waals surface area contributed by atoms with Gasteiger partial charge in [0.05, 0.1) is 38.6 Å². The molecule has 3 heterocycles. The zero-order chi connectivity index (χ0) is 66.8. The minimum atomic E-state index is -1.98. The van der Waals surface area contributed by atoms with E-state index in [1.165, 1.54) is 225 Å². The van der Waals surface area contributed by atoms with Gasteiger partial charge in [0.15, 0.2) is 18.9 Å². The Morgan fingerprint density at radius 3 is 1.05 bits per heavy atom. The largest absolute Gasteiger partial charge is 0.394 e. The predicted octanol–water partition coefficient (Wildman–Crippen LogP) is 11.0. The number of ether oxygens (including phenoxy) is 6. The molecule has 3 rings (SSSR count). The molecule has 0 radical (unpaired) electrons. The highest BCUT2D eigenvalue weighted by molar-refractivity contribution is 5.76. The number of rotatable bonds is 59. The molecule has 19 nitrogen and oxygen atoms in total. The summed E-state index contributed by atoms with van der Waals surface area (Å²) in [5, 5.41) is 120. The van der Waals surface area contributed by atoms with E-state index in [1.807, 2.05) is 6.08 Å². The Kier molecular flexibility index (Phi) is 50.7. The Hall–Kier alpha value is -1.73. The number of hydrogen-bond acceptors (Lipinski definition) is 18. The van der Waals surface area contributed by atoms with E-state index in [0.29, 0.717) is 6.42 Å². The fourth-order valence-electron chi connectivity index (χ4n) is 12.9. The second-order valence-corrected chi connectivity index (χ2v) is 27.1. The molecule has 1 amide bonds. The van der Waals surface area contributed by atoms with E-state index in [4.69, 9.17) is 28.4 Å². The summed E-state index contributed by atoms with van der Waals surface area (Å²) in [6.45, 7) is 1.70. The van der Waals surface area contributed by atoms with Crippen LogP contribution in [0.2, 0.25) is 0 Å². The number of allylic oxidation sites excluding steroid dienone is 3. The number of carbonyl (C=O) groups excluding carboxylic acids is 1. The van der Waals surface area contributed by atoms with Gasteiger partial charge in [0.25, 0.3) is 0 Å². The number of amides is 1. The molecule has 3 saturated heterocycles. The van der Waals surface area contributed by atoms with Crippen LogP contribution in [0.25, 0.3) is 0 Å². The fourth-order valence-corrected chi connectivity index (χ4v) is 12.9. The van der Waals surface area contributed by atoms with Crippen molar-refractivity contribution < 1.29 is 89.4 Å². The Morgan fingerprint density at radius 1 is 0.380 bits per heavy atom. The summed E-state index contributed by atoms with van der Waals surface area (Å²) in [6, 6.07) is -0.967. The third-order valence-electron chi connectivity index (χ3n) is 19.0. The molecule has 0 aromatic carbocycles. The smallest absolute Gasteiger partial charge is 0.220 e. The first-order valence-electron chi connectivity index (χ1n) is 37.6. The number of carbonyl (C=O) groups is 1. The first-order chi connectivity index (χ1) is 44.8. The number of unbranched alkanes of at least 4 members (excludes halogenated alkanes) is 41. The Bertz CT molecular complexity index is 1760. The highest BCUT2D eigenvalue weighted by Gasteiger charge is 2.53. The Balaban J connectivity index is 1.24. The highest BCUT2D eigenvalue weighted by atomic mass is 16.8. The summed E-state index contributed by atoms with van der Waals surface area (Å²) < 4.78 is 34.2. The van der Waals surface area contributed by atoms with Crippen LogP contribution in [0.1, 0.15) is 303 Å². The van der Waals surface area contributed by atoms with Crippen LogP contribution in [0.4, 0.5) is 0 Å². The van der Waals surface area contributed by atoms with Crippen molar-refractivity contribution in [3.63, 3.8) is 0 Å². The summed E-state index contributed by atoms with van der Waals surface area (Å²) in [6.07, 6.45) is 38.2. The number of hydrogen-bond donors (Lipinski definition) is 12. The maximum absolute atomic E-state index is 13.3. The van der Waals surface area contributed by atoms with Crippen LogP contribution < -0.4 is 5.32 Å². The van der Waals surface area contributed by atoms with E-state index in [-0.39, 0.29) is 18.9 Å². The predicted molar refractivity (Wildman–Crippen MR) is 360 cm³/mol. The average Bonchev–Trinajstić information content (AvgIpc) is 0.795. The minimum Gasteiger partial charge on any atom is -0.394 e. The molecule has 3 aliphatic rings. The van der Waals surface area contributed by atoms with Gasteiger partial charge < -0.3 is 89.9 Å². The minimum absolute atomic E-state index is 0.248. The van der Waals surface area contributed by atoms with Crippen molar-refractivity contribution in [2.75, 3.05) is 26.4 Å². The second-order valence-electron chi connectivity index (χ2n) is 27.1. The van der Waals surface area contributed by atoms with Crippen LogP contribution in [-0.4, -0.2) is 193 Å². The lowest BCUT2D eigenvalue weighted by Gasteiger charge is -2.48. The lowest BCUT2D eigenvalue weighted by atomic mass is 9.96. The SMILES string of the molecule is CCCCCCCC/C=C/C(O)C(COC1OC(CO)C(OC2OC(CO)C(OC3OC(CO)C(O)C(O)C3O)C(O)C2O)C(O)C1O)NC(=O)CCCCCCCCCCCCCCCCCCCCCCCCCCCCC/C=C\CCCCCCCCCC. The van der Waals surface area contributed by atoms with E-state index in [9.17, 15) is 61.0 Å². The first kappa shape index (κ1) is 84.5. The van der Waals surface area contributed by atoms with Crippen molar-refractivity contribution in [1.82, 2.24) is 5.32 Å². The lowest BCUT2D eigenvalue weighted by Crippen LogP contribution is -2.66. The molecule has 0 aliphatic carbocycles. The Morgan fingerprint density at radius 2 is 0.685 bits per heavy atom. The van der Waals surface area contributed by atoms with E-state index in [2.05, 4.69) is 31.3 Å². The summed E-state index contributed by atoms with van der Waals surface area (Å²) >= 11 is 0.